The highest BCUT2D eigenvalue weighted by Gasteiger charge is 2.20. The fourth-order valence-electron chi connectivity index (χ4n) is 8.26. The molecule has 54 heavy (non-hydrogen) atoms. The van der Waals surface area contributed by atoms with Crippen LogP contribution >= 0.6 is 0 Å². The number of rotatable bonds is 6. The molecule has 0 saturated heterocycles. The summed E-state index contributed by atoms with van der Waals surface area (Å²) in [7, 11) is 0. The molecule has 0 heterocycles. The Labute approximate surface area is 316 Å². The first-order valence-corrected chi connectivity index (χ1v) is 18.7. The molecule has 0 amide bonds. The first-order valence-electron chi connectivity index (χ1n) is 18.7. The second kappa shape index (κ2) is 13.5. The van der Waals surface area contributed by atoms with Gasteiger partial charge in [0, 0.05) is 0 Å². The molecular weight excluding hydrogens is 649 g/mol. The van der Waals surface area contributed by atoms with Gasteiger partial charge in [0.15, 0.2) is 0 Å². The zero-order valence-corrected chi connectivity index (χ0v) is 29.8. The van der Waals surface area contributed by atoms with E-state index in [0.29, 0.717) is 0 Å². The summed E-state index contributed by atoms with van der Waals surface area (Å²) in [5, 5.41) is 7.49. The normalized spacial score (nSPS) is 11.3. The molecule has 0 aliphatic heterocycles. The van der Waals surface area contributed by atoms with Gasteiger partial charge in [-0.1, -0.05) is 194 Å². The van der Waals surface area contributed by atoms with Crippen LogP contribution in [0, 0.1) is 0 Å². The van der Waals surface area contributed by atoms with Gasteiger partial charge in [-0.3, -0.25) is 0 Å². The zero-order valence-electron chi connectivity index (χ0n) is 29.8. The van der Waals surface area contributed by atoms with Crippen molar-refractivity contribution in [2.24, 2.45) is 0 Å². The molecule has 0 aliphatic carbocycles. The number of benzene rings is 10. The van der Waals surface area contributed by atoms with Crippen molar-refractivity contribution in [1.29, 1.82) is 0 Å². The van der Waals surface area contributed by atoms with Gasteiger partial charge in [-0.25, -0.2) is 0 Å². The minimum atomic E-state index is 1.19. The van der Waals surface area contributed by atoms with E-state index in [4.69, 9.17) is 0 Å². The van der Waals surface area contributed by atoms with Gasteiger partial charge in [0.1, 0.15) is 0 Å². The Kier molecular flexibility index (Phi) is 7.93. The molecule has 0 saturated carbocycles. The minimum Gasteiger partial charge on any atom is -0.0622 e. The summed E-state index contributed by atoms with van der Waals surface area (Å²) >= 11 is 0. The third-order valence-corrected chi connectivity index (χ3v) is 10.8. The smallest absolute Gasteiger partial charge is 0.00199 e. The number of hydrogen-bond acceptors (Lipinski definition) is 0. The fraction of sp³-hybridized carbons (Fsp3) is 0. The van der Waals surface area contributed by atoms with Crippen molar-refractivity contribution in [3.63, 3.8) is 0 Å². The lowest BCUT2D eigenvalue weighted by Gasteiger charge is -2.21. The van der Waals surface area contributed by atoms with Gasteiger partial charge in [0.25, 0.3) is 0 Å². The van der Waals surface area contributed by atoms with E-state index < -0.39 is 0 Å². The Morgan fingerprint density at radius 3 is 1.22 bits per heavy atom. The van der Waals surface area contributed by atoms with Crippen molar-refractivity contribution < 1.29 is 0 Å². The molecule has 0 bridgehead atoms. The summed E-state index contributed by atoms with van der Waals surface area (Å²) in [5.41, 5.74) is 14.6. The minimum absolute atomic E-state index is 1.19. The Bertz CT molecular complexity index is 2910. The van der Waals surface area contributed by atoms with Gasteiger partial charge >= 0.3 is 0 Å². The van der Waals surface area contributed by atoms with E-state index in [0.717, 1.165) is 0 Å². The van der Waals surface area contributed by atoms with Crippen molar-refractivity contribution in [1.82, 2.24) is 0 Å². The standard InChI is InChI=1S/C54H36/c1-3-15-37(16-4-1)41-21-13-23-43(33-41)44-31-32-47(45-24-14-22-42(34-45)38-17-5-2-6-18-38)52(36-44)54-50-27-11-9-25-48(50)53(49-26-10-12-28-51(49)54)46-30-29-39-19-7-8-20-40(39)35-46/h1-36H. The molecule has 0 radical (unpaired) electrons. The molecule has 0 heteroatoms. The van der Waals surface area contributed by atoms with E-state index in [1.165, 1.54) is 99.1 Å². The maximum atomic E-state index is 2.43. The van der Waals surface area contributed by atoms with Crippen LogP contribution < -0.4 is 0 Å². The Hall–Kier alpha value is -7.02. The predicted octanol–water partition coefficient (Wildman–Crippen LogP) is 15.1. The maximum Gasteiger partial charge on any atom is -0.00199 e. The van der Waals surface area contributed by atoms with Crippen molar-refractivity contribution in [2.75, 3.05) is 0 Å². The second-order valence-corrected chi connectivity index (χ2v) is 14.1. The third-order valence-electron chi connectivity index (χ3n) is 10.8. The van der Waals surface area contributed by atoms with Gasteiger partial charge in [-0.2, -0.15) is 0 Å². The highest BCUT2D eigenvalue weighted by atomic mass is 14.2. The van der Waals surface area contributed by atoms with Crippen LogP contribution in [0.3, 0.4) is 0 Å². The van der Waals surface area contributed by atoms with Crippen LogP contribution in [0.15, 0.2) is 218 Å². The van der Waals surface area contributed by atoms with Crippen LogP contribution in [0.1, 0.15) is 0 Å². The highest BCUT2D eigenvalue weighted by molar-refractivity contribution is 6.23. The molecule has 10 aromatic rings. The van der Waals surface area contributed by atoms with E-state index in [1.807, 2.05) is 0 Å². The molecule has 10 rings (SSSR count). The number of fused-ring (bicyclic) bond motifs is 3. The third kappa shape index (κ3) is 5.66. The monoisotopic (exact) mass is 684 g/mol. The Balaban J connectivity index is 1.26. The van der Waals surface area contributed by atoms with E-state index >= 15 is 0 Å². The largest absolute Gasteiger partial charge is 0.0622 e. The van der Waals surface area contributed by atoms with Crippen LogP contribution in [0.2, 0.25) is 0 Å². The van der Waals surface area contributed by atoms with Gasteiger partial charge in [0.05, 0.1) is 0 Å². The summed E-state index contributed by atoms with van der Waals surface area (Å²) in [6.45, 7) is 0. The second-order valence-electron chi connectivity index (χ2n) is 14.1. The van der Waals surface area contributed by atoms with E-state index in [9.17, 15) is 0 Å². The molecule has 10 aromatic carbocycles. The van der Waals surface area contributed by atoms with Crippen LogP contribution in [0.4, 0.5) is 0 Å². The van der Waals surface area contributed by atoms with Gasteiger partial charge in [0.2, 0.25) is 0 Å². The first kappa shape index (κ1) is 31.7. The Morgan fingerprint density at radius 1 is 0.185 bits per heavy atom. The van der Waals surface area contributed by atoms with Crippen LogP contribution in [-0.2, 0) is 0 Å². The van der Waals surface area contributed by atoms with Gasteiger partial charge in [-0.05, 0) is 123 Å². The molecule has 252 valence electrons. The first-order chi connectivity index (χ1) is 26.8. The van der Waals surface area contributed by atoms with Crippen LogP contribution in [-0.4, -0.2) is 0 Å². The lowest BCUT2D eigenvalue weighted by atomic mass is 9.82. The van der Waals surface area contributed by atoms with Crippen molar-refractivity contribution in [2.45, 2.75) is 0 Å². The van der Waals surface area contributed by atoms with Gasteiger partial charge < -0.3 is 0 Å². The Morgan fingerprint density at radius 2 is 0.611 bits per heavy atom. The molecule has 0 N–H and O–H groups in total. The van der Waals surface area contributed by atoms with Crippen molar-refractivity contribution in [3.05, 3.63) is 218 Å². The molecule has 0 aromatic heterocycles. The quantitative estimate of drug-likeness (QED) is 0.153. The SMILES string of the molecule is c1ccc(-c2cccc(-c3ccc(-c4cccc(-c5ccccc5)c4)c(-c4c5ccccc5c(-c5ccc6ccccc6c5)c5ccccc45)c3)c2)cc1. The summed E-state index contributed by atoms with van der Waals surface area (Å²) in [6.07, 6.45) is 0. The average molecular weight is 685 g/mol. The van der Waals surface area contributed by atoms with E-state index in [1.54, 1.807) is 0 Å². The lowest BCUT2D eigenvalue weighted by Crippen LogP contribution is -1.94. The molecule has 0 atom stereocenters. The van der Waals surface area contributed by atoms with Crippen molar-refractivity contribution in [3.8, 4) is 66.8 Å². The summed E-state index contributed by atoms with van der Waals surface area (Å²) < 4.78 is 0. The molecule has 0 spiro atoms. The molecule has 0 nitrogen and oxygen atoms in total. The predicted molar refractivity (Wildman–Crippen MR) is 232 cm³/mol. The van der Waals surface area contributed by atoms with E-state index in [2.05, 4.69) is 218 Å². The molecule has 0 aliphatic rings. The van der Waals surface area contributed by atoms with Crippen LogP contribution in [0.5, 0.6) is 0 Å². The molecule has 0 unspecified atom stereocenters. The summed E-state index contributed by atoms with van der Waals surface area (Å²) in [5.74, 6) is 0. The molecular formula is C54H36. The highest BCUT2D eigenvalue weighted by Crippen LogP contribution is 2.47. The van der Waals surface area contributed by atoms with Crippen LogP contribution in [0.25, 0.3) is 99.1 Å². The fourth-order valence-corrected chi connectivity index (χ4v) is 8.26. The summed E-state index contributed by atoms with van der Waals surface area (Å²) in [4.78, 5) is 0. The van der Waals surface area contributed by atoms with E-state index in [-0.39, 0.29) is 0 Å². The maximum absolute atomic E-state index is 2.43. The van der Waals surface area contributed by atoms with Crippen molar-refractivity contribution >= 4 is 32.3 Å². The lowest BCUT2D eigenvalue weighted by molar-refractivity contribution is 1.56. The number of hydrogen-bond donors (Lipinski definition) is 0. The summed E-state index contributed by atoms with van der Waals surface area (Å²) in [6, 6.07) is 79.9. The zero-order chi connectivity index (χ0) is 35.8. The topological polar surface area (TPSA) is 0 Å². The van der Waals surface area contributed by atoms with Gasteiger partial charge in [-0.15, -0.1) is 0 Å². The average Bonchev–Trinajstić information content (AvgIpc) is 3.26. The molecule has 0 fully saturated rings.